The highest BCUT2D eigenvalue weighted by Crippen LogP contribution is 2.21. The molecule has 1 aromatic rings. The highest BCUT2D eigenvalue weighted by Gasteiger charge is 2.17. The van der Waals surface area contributed by atoms with Gasteiger partial charge in [-0.3, -0.25) is 9.10 Å². The summed E-state index contributed by atoms with van der Waals surface area (Å²) in [6.07, 6.45) is 3.24. The second kappa shape index (κ2) is 11.1. The molecular formula is C18H25NO3S2. The van der Waals surface area contributed by atoms with Gasteiger partial charge in [-0.15, -0.1) is 0 Å². The third-order valence-corrected chi connectivity index (χ3v) is 4.28. The lowest BCUT2D eigenvalue weighted by atomic mass is 10.2. The van der Waals surface area contributed by atoms with Gasteiger partial charge in [0.05, 0.1) is 20.3 Å². The lowest BCUT2D eigenvalue weighted by molar-refractivity contribution is -0.126. The van der Waals surface area contributed by atoms with Crippen LogP contribution in [0.3, 0.4) is 0 Å². The van der Waals surface area contributed by atoms with E-state index in [2.05, 4.69) is 6.08 Å². The summed E-state index contributed by atoms with van der Waals surface area (Å²) in [5.41, 5.74) is 2.22. The molecule has 0 fully saturated rings. The SMILES string of the molecule is CCOC(=S)SN(Cc1ccc(OC)cc1)C(=O)CCC=C(C)C. The third-order valence-electron chi connectivity index (χ3n) is 3.12. The van der Waals surface area contributed by atoms with Crippen molar-refractivity contribution in [3.05, 3.63) is 41.5 Å². The van der Waals surface area contributed by atoms with Gasteiger partial charge < -0.3 is 9.47 Å². The summed E-state index contributed by atoms with van der Waals surface area (Å²) in [6, 6.07) is 7.65. The van der Waals surface area contributed by atoms with Gasteiger partial charge in [0.25, 0.3) is 0 Å². The summed E-state index contributed by atoms with van der Waals surface area (Å²) < 4.78 is 12.5. The van der Waals surface area contributed by atoms with Crippen molar-refractivity contribution in [2.75, 3.05) is 13.7 Å². The highest BCUT2D eigenvalue weighted by atomic mass is 32.2. The standard InChI is InChI=1S/C18H25NO3S2/c1-5-22-18(23)24-19(17(20)8-6-7-14(2)3)13-15-9-11-16(21-4)12-10-15/h7,9-12H,5-6,8,13H2,1-4H3. The fourth-order valence-electron chi connectivity index (χ4n) is 1.91. The van der Waals surface area contributed by atoms with Gasteiger partial charge in [0.1, 0.15) is 5.75 Å². The molecule has 0 spiro atoms. The molecule has 0 saturated carbocycles. The van der Waals surface area contributed by atoms with Crippen molar-refractivity contribution in [2.24, 2.45) is 0 Å². The Hall–Kier alpha value is -1.53. The number of methoxy groups -OCH3 is 1. The van der Waals surface area contributed by atoms with Crippen LogP contribution in [-0.4, -0.2) is 28.3 Å². The Bertz CT molecular complexity index is 566. The second-order valence-electron chi connectivity index (χ2n) is 5.37. The van der Waals surface area contributed by atoms with Crippen LogP contribution in [0, 0.1) is 0 Å². The molecule has 0 radical (unpaired) electrons. The van der Waals surface area contributed by atoms with Gasteiger partial charge in [-0.25, -0.2) is 0 Å². The molecule has 1 rings (SSSR count). The van der Waals surface area contributed by atoms with Crippen LogP contribution in [0.25, 0.3) is 0 Å². The van der Waals surface area contributed by atoms with E-state index in [0.717, 1.165) is 17.7 Å². The van der Waals surface area contributed by atoms with Crippen molar-refractivity contribution < 1.29 is 14.3 Å². The van der Waals surface area contributed by atoms with Crippen LogP contribution in [0.4, 0.5) is 0 Å². The summed E-state index contributed by atoms with van der Waals surface area (Å²) in [4.78, 5) is 12.5. The first-order valence-electron chi connectivity index (χ1n) is 7.87. The van der Waals surface area contributed by atoms with Gasteiger partial charge in [0.15, 0.2) is 0 Å². The quantitative estimate of drug-likeness (QED) is 0.395. The number of carbonyl (C=O) groups excluding carboxylic acids is 1. The number of allylic oxidation sites excluding steroid dienone is 2. The van der Waals surface area contributed by atoms with Gasteiger partial charge in [-0.1, -0.05) is 23.8 Å². The number of rotatable bonds is 7. The highest BCUT2D eigenvalue weighted by molar-refractivity contribution is 8.21. The van der Waals surface area contributed by atoms with E-state index in [-0.39, 0.29) is 5.91 Å². The molecule has 24 heavy (non-hydrogen) atoms. The Morgan fingerprint density at radius 2 is 1.96 bits per heavy atom. The number of thiocarbonyl (C=S) groups is 1. The van der Waals surface area contributed by atoms with E-state index in [4.69, 9.17) is 21.7 Å². The van der Waals surface area contributed by atoms with Crippen LogP contribution >= 0.6 is 24.2 Å². The maximum Gasteiger partial charge on any atom is 0.241 e. The molecule has 0 saturated heterocycles. The molecule has 4 nitrogen and oxygen atoms in total. The zero-order valence-electron chi connectivity index (χ0n) is 14.7. The summed E-state index contributed by atoms with van der Waals surface area (Å²) >= 11 is 6.36. The number of hydrogen-bond donors (Lipinski definition) is 0. The minimum atomic E-state index is 0.0374. The summed E-state index contributed by atoms with van der Waals surface area (Å²) in [5.74, 6) is 0.827. The van der Waals surface area contributed by atoms with Crippen LogP contribution in [0.15, 0.2) is 35.9 Å². The number of amides is 1. The first-order chi connectivity index (χ1) is 11.5. The van der Waals surface area contributed by atoms with Crippen molar-refractivity contribution in [3.63, 3.8) is 0 Å². The predicted octanol–water partition coefficient (Wildman–Crippen LogP) is 4.74. The first kappa shape index (κ1) is 20.5. The molecule has 0 heterocycles. The fraction of sp³-hybridized carbons (Fsp3) is 0.444. The molecule has 0 aliphatic heterocycles. The Morgan fingerprint density at radius 3 is 2.50 bits per heavy atom. The van der Waals surface area contributed by atoms with Crippen LogP contribution in [0.2, 0.25) is 0 Å². The zero-order valence-corrected chi connectivity index (χ0v) is 16.3. The number of ether oxygens (including phenoxy) is 2. The summed E-state index contributed by atoms with van der Waals surface area (Å²) in [7, 11) is 1.63. The average Bonchev–Trinajstić information content (AvgIpc) is 2.54. The van der Waals surface area contributed by atoms with Crippen molar-refractivity contribution in [1.29, 1.82) is 0 Å². The molecule has 0 N–H and O–H groups in total. The van der Waals surface area contributed by atoms with Gasteiger partial charge in [-0.05, 0) is 57.1 Å². The molecular weight excluding hydrogens is 342 g/mol. The van der Waals surface area contributed by atoms with E-state index in [1.807, 2.05) is 45.0 Å². The Morgan fingerprint density at radius 1 is 1.29 bits per heavy atom. The van der Waals surface area contributed by atoms with E-state index in [0.29, 0.717) is 24.0 Å². The maximum atomic E-state index is 12.5. The Balaban J connectivity index is 2.76. The molecule has 0 unspecified atom stereocenters. The van der Waals surface area contributed by atoms with Crippen LogP contribution in [0.1, 0.15) is 39.2 Å². The van der Waals surface area contributed by atoms with Crippen molar-refractivity contribution in [1.82, 2.24) is 4.31 Å². The van der Waals surface area contributed by atoms with Crippen LogP contribution in [-0.2, 0) is 16.1 Å². The Labute approximate surface area is 154 Å². The minimum absolute atomic E-state index is 0.0374. The zero-order chi connectivity index (χ0) is 17.9. The normalized spacial score (nSPS) is 10.0. The second-order valence-corrected chi connectivity index (χ2v) is 7.00. The fourth-order valence-corrected chi connectivity index (χ4v) is 3.06. The van der Waals surface area contributed by atoms with E-state index in [9.17, 15) is 4.79 Å². The predicted molar refractivity (Wildman–Crippen MR) is 104 cm³/mol. The van der Waals surface area contributed by atoms with Crippen molar-refractivity contribution in [3.8, 4) is 5.75 Å². The molecule has 0 aromatic heterocycles. The van der Waals surface area contributed by atoms with E-state index >= 15 is 0 Å². The molecule has 6 heteroatoms. The molecule has 0 bridgehead atoms. The monoisotopic (exact) mass is 367 g/mol. The topological polar surface area (TPSA) is 38.8 Å². The van der Waals surface area contributed by atoms with Crippen LogP contribution < -0.4 is 4.74 Å². The largest absolute Gasteiger partial charge is 0.497 e. The van der Waals surface area contributed by atoms with Crippen molar-refractivity contribution in [2.45, 2.75) is 40.2 Å². The van der Waals surface area contributed by atoms with Crippen LogP contribution in [0.5, 0.6) is 5.75 Å². The lowest BCUT2D eigenvalue weighted by Gasteiger charge is -2.21. The van der Waals surface area contributed by atoms with Gasteiger partial charge in [-0.2, -0.15) is 0 Å². The maximum absolute atomic E-state index is 12.5. The van der Waals surface area contributed by atoms with Crippen molar-refractivity contribution >= 4 is 34.5 Å². The molecule has 0 atom stereocenters. The third kappa shape index (κ3) is 7.84. The first-order valence-corrected chi connectivity index (χ1v) is 9.05. The van der Waals surface area contributed by atoms with E-state index < -0.39 is 0 Å². The number of nitrogens with zero attached hydrogens (tertiary/aromatic N) is 1. The number of carbonyl (C=O) groups is 1. The molecule has 132 valence electrons. The molecule has 0 aliphatic rings. The Kier molecular flexibility index (Phi) is 9.49. The number of hydrogen-bond acceptors (Lipinski definition) is 5. The average molecular weight is 368 g/mol. The molecule has 0 aliphatic carbocycles. The lowest BCUT2D eigenvalue weighted by Crippen LogP contribution is -2.25. The smallest absolute Gasteiger partial charge is 0.241 e. The van der Waals surface area contributed by atoms with Gasteiger partial charge >= 0.3 is 0 Å². The van der Waals surface area contributed by atoms with E-state index in [1.165, 1.54) is 17.5 Å². The minimum Gasteiger partial charge on any atom is -0.497 e. The number of benzene rings is 1. The van der Waals surface area contributed by atoms with E-state index in [1.54, 1.807) is 11.4 Å². The molecule has 1 amide bonds. The summed E-state index contributed by atoms with van der Waals surface area (Å²) in [5, 5.41) is 0. The van der Waals surface area contributed by atoms with Gasteiger partial charge in [0, 0.05) is 18.4 Å². The molecule has 1 aromatic carbocycles. The summed E-state index contributed by atoms with van der Waals surface area (Å²) in [6.45, 7) is 6.89. The van der Waals surface area contributed by atoms with Gasteiger partial charge in [0.2, 0.25) is 10.3 Å².